The van der Waals surface area contributed by atoms with Gasteiger partial charge in [-0.25, -0.2) is 0 Å². The minimum atomic E-state index is -0.294. The highest BCUT2D eigenvalue weighted by Crippen LogP contribution is 2.67. The first-order valence-electron chi connectivity index (χ1n) is 16.3. The maximum Gasteiger partial charge on any atom is 0.121 e. The number of fused-ring (bicyclic) bond motifs is 2. The molecular weight excluding hydrogens is 544 g/mol. The predicted octanol–water partition coefficient (Wildman–Crippen LogP) is 8.97. The van der Waals surface area contributed by atoms with Crippen LogP contribution in [0.1, 0.15) is 94.9 Å². The second-order valence-corrected chi connectivity index (χ2v) is 15.4. The highest BCUT2D eigenvalue weighted by atomic mass is 16.6. The van der Waals surface area contributed by atoms with Gasteiger partial charge in [-0.1, -0.05) is 123 Å². The molecule has 2 heterocycles. The van der Waals surface area contributed by atoms with Gasteiger partial charge in [0.05, 0.1) is 12.2 Å². The van der Waals surface area contributed by atoms with Gasteiger partial charge in [0, 0.05) is 23.7 Å². The molecule has 4 nitrogen and oxygen atoms in total. The normalized spacial score (nSPS) is 39.2. The molecule has 2 saturated carbocycles. The van der Waals surface area contributed by atoms with Gasteiger partial charge in [0.15, 0.2) is 0 Å². The summed E-state index contributed by atoms with van der Waals surface area (Å²) in [5.41, 5.74) is 3.36. The van der Waals surface area contributed by atoms with E-state index in [-0.39, 0.29) is 45.4 Å². The highest BCUT2D eigenvalue weighted by Gasteiger charge is 2.75. The molecule has 6 atom stereocenters. The van der Waals surface area contributed by atoms with Gasteiger partial charge in [-0.3, -0.25) is 0 Å². The first-order valence-corrected chi connectivity index (χ1v) is 16.3. The summed E-state index contributed by atoms with van der Waals surface area (Å²) >= 11 is 0. The summed E-state index contributed by atoms with van der Waals surface area (Å²) in [7, 11) is 0. The zero-order valence-electron chi connectivity index (χ0n) is 28.8. The maximum atomic E-state index is 10.3. The van der Waals surface area contributed by atoms with Crippen molar-refractivity contribution in [2.24, 2.45) is 10.8 Å². The van der Waals surface area contributed by atoms with Gasteiger partial charge in [-0.05, 0) is 66.5 Å². The summed E-state index contributed by atoms with van der Waals surface area (Å²) in [6, 6.07) is 0. The van der Waals surface area contributed by atoms with Gasteiger partial charge < -0.3 is 19.7 Å². The van der Waals surface area contributed by atoms with Crippen molar-refractivity contribution < 1.29 is 19.7 Å². The summed E-state index contributed by atoms with van der Waals surface area (Å²) in [4.78, 5) is 0. The van der Waals surface area contributed by atoms with Crippen LogP contribution in [0, 0.1) is 10.8 Å². The van der Waals surface area contributed by atoms with Gasteiger partial charge in [0.25, 0.3) is 0 Å². The lowest BCUT2D eigenvalue weighted by Gasteiger charge is -2.39. The lowest BCUT2D eigenvalue weighted by molar-refractivity contribution is 0.0510. The van der Waals surface area contributed by atoms with Crippen LogP contribution in [-0.4, -0.2) is 44.8 Å². The standard InChI is InChI=1S/C40H56O4/c1-29(17-13-19-31(3)21-23-39-35(5,6)25-33(41)27-37(39,9)43-39)15-11-12-16-30(2)18-14-20-32(4)22-24-40-36(7,8)26-34(42)28-38(40,10)44-40/h11-24,33-34,41-42H,25-28H2,1-10H3/b12-11-,17-13-,18-14+,23-21+,24-22+,29-15-,30-16+,31-19-,32-20+/t33-,34-,37+,38+,39-,40-/m0/s1. The molecule has 2 aliphatic carbocycles. The Hall–Kier alpha value is -2.50. The molecule has 0 aromatic rings. The molecule has 4 heteroatoms. The molecule has 2 N–H and O–H groups in total. The lowest BCUT2D eigenvalue weighted by atomic mass is 9.63. The molecule has 0 spiro atoms. The molecule has 4 rings (SSSR count). The van der Waals surface area contributed by atoms with Crippen LogP contribution in [-0.2, 0) is 9.47 Å². The number of ether oxygens (including phenoxy) is 2. The van der Waals surface area contributed by atoms with E-state index in [1.807, 2.05) is 0 Å². The topological polar surface area (TPSA) is 65.5 Å². The van der Waals surface area contributed by atoms with E-state index in [2.05, 4.69) is 154 Å². The molecule has 44 heavy (non-hydrogen) atoms. The molecule has 0 radical (unpaired) electrons. The summed E-state index contributed by atoms with van der Waals surface area (Å²) < 4.78 is 12.5. The van der Waals surface area contributed by atoms with Crippen LogP contribution in [0.15, 0.2) is 107 Å². The van der Waals surface area contributed by atoms with Crippen LogP contribution in [0.2, 0.25) is 0 Å². The minimum absolute atomic E-state index is 0.0969. The monoisotopic (exact) mass is 600 g/mol. The molecule has 2 aliphatic heterocycles. The Kier molecular flexibility index (Phi) is 9.66. The van der Waals surface area contributed by atoms with Crippen molar-refractivity contribution in [3.05, 3.63) is 107 Å². The fraction of sp³-hybridized carbons (Fsp3) is 0.550. The van der Waals surface area contributed by atoms with E-state index < -0.39 is 0 Å². The van der Waals surface area contributed by atoms with E-state index >= 15 is 0 Å². The number of aliphatic hydroxyl groups excluding tert-OH is 2. The minimum Gasteiger partial charge on any atom is -0.393 e. The zero-order valence-corrected chi connectivity index (χ0v) is 28.8. The van der Waals surface area contributed by atoms with Crippen LogP contribution in [0.3, 0.4) is 0 Å². The van der Waals surface area contributed by atoms with Crippen molar-refractivity contribution in [1.29, 1.82) is 0 Å². The lowest BCUT2D eigenvalue weighted by Crippen LogP contribution is -2.46. The van der Waals surface area contributed by atoms with Crippen LogP contribution in [0.4, 0.5) is 0 Å². The average Bonchev–Trinajstić information content (AvgIpc) is 3.73. The SMILES string of the molecule is CC(/C=C\C=C(C)/C=C/[C@@]12O[C@]1(C)C[C@@H](O)CC2(C)C)=C/C=C\C=C(C)\C=C\C=C(C)\C=C\[C@@]12O[C@]1(C)C[C@@H](O)CC2(C)C. The van der Waals surface area contributed by atoms with E-state index in [0.717, 1.165) is 12.8 Å². The number of aliphatic hydroxyl groups is 2. The molecule has 0 bridgehead atoms. The quantitative estimate of drug-likeness (QED) is 0.194. The van der Waals surface area contributed by atoms with Crippen LogP contribution < -0.4 is 0 Å². The smallest absolute Gasteiger partial charge is 0.121 e. The van der Waals surface area contributed by atoms with E-state index in [4.69, 9.17) is 9.47 Å². The molecule has 4 fully saturated rings. The Balaban J connectivity index is 1.25. The summed E-state index contributed by atoms with van der Waals surface area (Å²) in [6.45, 7) is 21.4. The van der Waals surface area contributed by atoms with Gasteiger partial charge >= 0.3 is 0 Å². The van der Waals surface area contributed by atoms with Crippen molar-refractivity contribution >= 4 is 0 Å². The Morgan fingerprint density at radius 3 is 1.16 bits per heavy atom. The van der Waals surface area contributed by atoms with Crippen molar-refractivity contribution in [3.63, 3.8) is 0 Å². The van der Waals surface area contributed by atoms with E-state index in [9.17, 15) is 10.2 Å². The van der Waals surface area contributed by atoms with E-state index in [0.29, 0.717) is 12.8 Å². The Morgan fingerprint density at radius 1 is 0.500 bits per heavy atom. The van der Waals surface area contributed by atoms with Crippen LogP contribution in [0.5, 0.6) is 0 Å². The second-order valence-electron chi connectivity index (χ2n) is 15.4. The number of epoxide rings is 2. The fourth-order valence-corrected chi connectivity index (χ4v) is 7.99. The molecule has 0 unspecified atom stereocenters. The zero-order chi connectivity index (χ0) is 32.6. The number of allylic oxidation sites excluding steroid dienone is 16. The summed E-state index contributed by atoms with van der Waals surface area (Å²) in [5, 5.41) is 20.5. The summed E-state index contributed by atoms with van der Waals surface area (Å²) in [6.07, 6.45) is 32.0. The third-order valence-corrected chi connectivity index (χ3v) is 10.4. The third-order valence-electron chi connectivity index (χ3n) is 10.4. The van der Waals surface area contributed by atoms with E-state index in [1.54, 1.807) is 0 Å². The van der Waals surface area contributed by atoms with Crippen molar-refractivity contribution in [2.45, 2.75) is 130 Å². The van der Waals surface area contributed by atoms with Crippen LogP contribution >= 0.6 is 0 Å². The first-order chi connectivity index (χ1) is 20.4. The van der Waals surface area contributed by atoms with Crippen molar-refractivity contribution in [1.82, 2.24) is 0 Å². The molecule has 0 amide bonds. The van der Waals surface area contributed by atoms with Crippen molar-refractivity contribution in [3.8, 4) is 0 Å². The molecule has 4 aliphatic rings. The Bertz CT molecular complexity index is 1270. The maximum absolute atomic E-state index is 10.3. The number of rotatable bonds is 10. The second kappa shape index (κ2) is 12.4. The molecule has 0 aromatic heterocycles. The molecular formula is C40H56O4. The van der Waals surface area contributed by atoms with E-state index in [1.165, 1.54) is 22.3 Å². The first kappa shape index (κ1) is 34.4. The summed E-state index contributed by atoms with van der Waals surface area (Å²) in [5.74, 6) is 0. The van der Waals surface area contributed by atoms with Gasteiger partial charge in [-0.15, -0.1) is 0 Å². The number of hydrogen-bond acceptors (Lipinski definition) is 4. The highest BCUT2D eigenvalue weighted by molar-refractivity contribution is 5.38. The number of hydrogen-bond donors (Lipinski definition) is 2. The molecule has 0 aromatic carbocycles. The Morgan fingerprint density at radius 2 is 0.818 bits per heavy atom. The molecule has 240 valence electrons. The van der Waals surface area contributed by atoms with Gasteiger partial charge in [0.1, 0.15) is 22.4 Å². The van der Waals surface area contributed by atoms with Crippen LogP contribution in [0.25, 0.3) is 0 Å². The average molecular weight is 601 g/mol. The fourth-order valence-electron chi connectivity index (χ4n) is 7.99. The van der Waals surface area contributed by atoms with Crippen molar-refractivity contribution in [2.75, 3.05) is 0 Å². The largest absolute Gasteiger partial charge is 0.393 e. The predicted molar refractivity (Wildman–Crippen MR) is 183 cm³/mol. The Labute approximate surface area is 267 Å². The third kappa shape index (κ3) is 6.84. The van der Waals surface area contributed by atoms with Gasteiger partial charge in [0.2, 0.25) is 0 Å². The van der Waals surface area contributed by atoms with Gasteiger partial charge in [-0.2, -0.15) is 0 Å². The molecule has 2 saturated heterocycles.